The topological polar surface area (TPSA) is 63.4 Å². The zero-order valence-electron chi connectivity index (χ0n) is 8.43. The fourth-order valence-corrected chi connectivity index (χ4v) is 3.41. The van der Waals surface area contributed by atoms with Gasteiger partial charge < -0.3 is 5.73 Å². The van der Waals surface area contributed by atoms with Crippen LogP contribution in [0.5, 0.6) is 0 Å². The summed E-state index contributed by atoms with van der Waals surface area (Å²) in [6, 6.07) is 0.182. The molecule has 1 fully saturated rings. The summed E-state index contributed by atoms with van der Waals surface area (Å²) in [5.74, 6) is 0. The first-order chi connectivity index (χ1) is 6.41. The van der Waals surface area contributed by atoms with Gasteiger partial charge in [0.1, 0.15) is 5.25 Å². The van der Waals surface area contributed by atoms with E-state index in [1.807, 2.05) is 6.92 Å². The van der Waals surface area contributed by atoms with Crippen LogP contribution in [0.1, 0.15) is 26.7 Å². The Hall–Kier alpha value is -0.200. The van der Waals surface area contributed by atoms with Crippen molar-refractivity contribution in [1.29, 1.82) is 0 Å². The summed E-state index contributed by atoms with van der Waals surface area (Å²) in [6.07, 6.45) is 1.91. The van der Waals surface area contributed by atoms with Gasteiger partial charge in [-0.1, -0.05) is 19.1 Å². The van der Waals surface area contributed by atoms with E-state index in [2.05, 4.69) is 0 Å². The van der Waals surface area contributed by atoms with Gasteiger partial charge in [0.05, 0.1) is 4.99 Å². The van der Waals surface area contributed by atoms with Crippen molar-refractivity contribution in [2.45, 2.75) is 38.0 Å². The predicted octanol–water partition coefficient (Wildman–Crippen LogP) is 0.475. The molecule has 1 rings (SSSR count). The minimum Gasteiger partial charge on any atom is -0.392 e. The summed E-state index contributed by atoms with van der Waals surface area (Å²) in [6.45, 7) is 3.88. The minimum absolute atomic E-state index is 0.0455. The Balaban J connectivity index is 2.86. The van der Waals surface area contributed by atoms with Crippen LogP contribution in [-0.4, -0.2) is 35.5 Å². The van der Waals surface area contributed by atoms with E-state index in [-0.39, 0.29) is 11.0 Å². The molecule has 0 bridgehead atoms. The van der Waals surface area contributed by atoms with Crippen molar-refractivity contribution >= 4 is 27.2 Å². The summed E-state index contributed by atoms with van der Waals surface area (Å²) < 4.78 is 25.4. The molecule has 4 nitrogen and oxygen atoms in total. The first-order valence-corrected chi connectivity index (χ1v) is 6.62. The number of hydrogen-bond acceptors (Lipinski definition) is 3. The molecule has 1 atom stereocenters. The van der Waals surface area contributed by atoms with Gasteiger partial charge in [0.25, 0.3) is 0 Å². The maximum Gasteiger partial charge on any atom is 0.223 e. The lowest BCUT2D eigenvalue weighted by molar-refractivity contribution is 0.419. The SMILES string of the molecule is CCN(C1CC1)S(=O)(=O)C(C)C(N)=S. The molecule has 6 heteroatoms. The fourth-order valence-electron chi connectivity index (χ4n) is 1.36. The second-order valence-electron chi connectivity index (χ2n) is 3.52. The van der Waals surface area contributed by atoms with Crippen LogP contribution in [0.2, 0.25) is 0 Å². The monoisotopic (exact) mass is 236 g/mol. The van der Waals surface area contributed by atoms with E-state index >= 15 is 0 Å². The van der Waals surface area contributed by atoms with Crippen LogP contribution in [0, 0.1) is 0 Å². The Morgan fingerprint density at radius 2 is 2.14 bits per heavy atom. The molecule has 2 N–H and O–H groups in total. The van der Waals surface area contributed by atoms with Crippen LogP contribution in [0.4, 0.5) is 0 Å². The van der Waals surface area contributed by atoms with Gasteiger partial charge in [-0.2, -0.15) is 4.31 Å². The highest BCUT2D eigenvalue weighted by Gasteiger charge is 2.39. The van der Waals surface area contributed by atoms with Crippen molar-refractivity contribution in [3.05, 3.63) is 0 Å². The molecule has 1 aliphatic carbocycles. The molecular weight excluding hydrogens is 220 g/mol. The fraction of sp³-hybridized carbons (Fsp3) is 0.875. The van der Waals surface area contributed by atoms with E-state index < -0.39 is 15.3 Å². The molecule has 82 valence electrons. The smallest absolute Gasteiger partial charge is 0.223 e. The largest absolute Gasteiger partial charge is 0.392 e. The van der Waals surface area contributed by atoms with Crippen molar-refractivity contribution in [2.24, 2.45) is 5.73 Å². The third-order valence-corrected chi connectivity index (χ3v) is 5.30. The Kier molecular flexibility index (Phi) is 3.49. The molecule has 14 heavy (non-hydrogen) atoms. The third-order valence-electron chi connectivity index (χ3n) is 2.44. The van der Waals surface area contributed by atoms with Crippen LogP contribution in [0.25, 0.3) is 0 Å². The summed E-state index contributed by atoms with van der Waals surface area (Å²) >= 11 is 4.71. The van der Waals surface area contributed by atoms with Crippen molar-refractivity contribution in [3.8, 4) is 0 Å². The Bertz CT molecular complexity index is 322. The van der Waals surface area contributed by atoms with Gasteiger partial charge in [-0.3, -0.25) is 0 Å². The maximum atomic E-state index is 11.9. The van der Waals surface area contributed by atoms with Crippen LogP contribution in [0.15, 0.2) is 0 Å². The third kappa shape index (κ3) is 2.24. The molecule has 0 saturated heterocycles. The molecule has 0 aliphatic heterocycles. The molecule has 1 aliphatic rings. The van der Waals surface area contributed by atoms with E-state index in [0.29, 0.717) is 6.54 Å². The van der Waals surface area contributed by atoms with Gasteiger partial charge in [-0.15, -0.1) is 0 Å². The molecule has 0 radical (unpaired) electrons. The lowest BCUT2D eigenvalue weighted by Crippen LogP contribution is -2.43. The van der Waals surface area contributed by atoms with Crippen LogP contribution in [0.3, 0.4) is 0 Å². The van der Waals surface area contributed by atoms with E-state index in [0.717, 1.165) is 12.8 Å². The van der Waals surface area contributed by atoms with E-state index in [1.165, 1.54) is 4.31 Å². The molecular formula is C8H16N2O2S2. The molecule has 1 unspecified atom stereocenters. The second-order valence-corrected chi connectivity index (χ2v) is 6.20. The number of nitrogens with zero attached hydrogens (tertiary/aromatic N) is 1. The quantitative estimate of drug-likeness (QED) is 0.705. The average Bonchev–Trinajstić information content (AvgIpc) is 2.87. The molecule has 1 saturated carbocycles. The Labute approximate surface area is 90.5 Å². The number of nitrogens with two attached hydrogens (primary N) is 1. The zero-order chi connectivity index (χ0) is 10.9. The van der Waals surface area contributed by atoms with Crippen LogP contribution >= 0.6 is 12.2 Å². The highest BCUT2D eigenvalue weighted by molar-refractivity contribution is 7.92. The molecule has 0 aromatic carbocycles. The maximum absolute atomic E-state index is 11.9. The van der Waals surface area contributed by atoms with E-state index in [4.69, 9.17) is 18.0 Å². The van der Waals surface area contributed by atoms with Gasteiger partial charge in [0.15, 0.2) is 0 Å². The highest BCUT2D eigenvalue weighted by Crippen LogP contribution is 2.30. The molecule has 0 heterocycles. The lowest BCUT2D eigenvalue weighted by atomic mass is 10.5. The Morgan fingerprint density at radius 3 is 2.43 bits per heavy atom. The molecule has 0 amide bonds. The standard InChI is InChI=1S/C8H16N2O2S2/c1-3-10(7-4-5-7)14(11,12)6(2)8(9)13/h6-7H,3-5H2,1-2H3,(H2,9,13). The first-order valence-electron chi connectivity index (χ1n) is 4.71. The molecule has 0 spiro atoms. The highest BCUT2D eigenvalue weighted by atomic mass is 32.2. The predicted molar refractivity (Wildman–Crippen MR) is 60.6 cm³/mol. The summed E-state index contributed by atoms with van der Waals surface area (Å²) in [7, 11) is -3.32. The van der Waals surface area contributed by atoms with Gasteiger partial charge >= 0.3 is 0 Å². The molecule has 0 aromatic heterocycles. The van der Waals surface area contributed by atoms with Crippen LogP contribution < -0.4 is 5.73 Å². The first kappa shape index (κ1) is 11.9. The zero-order valence-corrected chi connectivity index (χ0v) is 10.1. The number of rotatable bonds is 5. The summed E-state index contributed by atoms with van der Waals surface area (Å²) in [5, 5.41) is -0.752. The van der Waals surface area contributed by atoms with Gasteiger partial charge in [-0.05, 0) is 19.8 Å². The van der Waals surface area contributed by atoms with E-state index in [1.54, 1.807) is 6.92 Å². The van der Waals surface area contributed by atoms with Crippen molar-refractivity contribution in [2.75, 3.05) is 6.54 Å². The number of hydrogen-bond donors (Lipinski definition) is 1. The van der Waals surface area contributed by atoms with E-state index in [9.17, 15) is 8.42 Å². The number of sulfonamides is 1. The minimum atomic E-state index is -3.32. The van der Waals surface area contributed by atoms with Crippen LogP contribution in [-0.2, 0) is 10.0 Å². The van der Waals surface area contributed by atoms with Gasteiger partial charge in [0.2, 0.25) is 10.0 Å². The summed E-state index contributed by atoms with van der Waals surface area (Å²) in [4.78, 5) is 0.0455. The summed E-state index contributed by atoms with van der Waals surface area (Å²) in [5.41, 5.74) is 5.36. The normalized spacial score (nSPS) is 19.6. The van der Waals surface area contributed by atoms with Crippen molar-refractivity contribution in [1.82, 2.24) is 4.31 Å². The molecule has 0 aromatic rings. The van der Waals surface area contributed by atoms with Crippen molar-refractivity contribution in [3.63, 3.8) is 0 Å². The average molecular weight is 236 g/mol. The van der Waals surface area contributed by atoms with Gasteiger partial charge in [-0.25, -0.2) is 8.42 Å². The lowest BCUT2D eigenvalue weighted by Gasteiger charge is -2.23. The second kappa shape index (κ2) is 4.12. The van der Waals surface area contributed by atoms with Crippen molar-refractivity contribution < 1.29 is 8.42 Å². The Morgan fingerprint density at radius 1 is 1.64 bits per heavy atom. The van der Waals surface area contributed by atoms with Gasteiger partial charge in [0, 0.05) is 12.6 Å². The number of thiocarbonyl (C=S) groups is 1.